The number of hydrogen-bond acceptors (Lipinski definition) is 6. The first-order valence-electron chi connectivity index (χ1n) is 13.0. The Balaban J connectivity index is 1.64. The van der Waals surface area contributed by atoms with Gasteiger partial charge in [0.25, 0.3) is 12.2 Å². The van der Waals surface area contributed by atoms with Gasteiger partial charge in [-0.1, -0.05) is 102 Å². The molecule has 0 aromatic heterocycles. The molecule has 3 N–H and O–H groups in total. The summed E-state index contributed by atoms with van der Waals surface area (Å²) in [5.41, 5.74) is 17.8. The second-order valence-corrected chi connectivity index (χ2v) is 10.2. The number of amides is 2. The summed E-state index contributed by atoms with van der Waals surface area (Å²) in [5.74, 6) is -0.848. The zero-order valence-corrected chi connectivity index (χ0v) is 24.0. The zero-order chi connectivity index (χ0) is 29.9. The first-order valence-corrected chi connectivity index (χ1v) is 13.8. The molecule has 4 rings (SSSR count). The highest BCUT2D eigenvalue weighted by molar-refractivity contribution is 6.37. The average Bonchev–Trinajstić information content (AvgIpc) is 3.02. The monoisotopic (exact) mass is 598 g/mol. The molecule has 0 aliphatic rings. The molecule has 0 unspecified atom stereocenters. The standard InChI is InChI=1S/C32H28Cl2N6O2/c33-28-12-7-13-29(34)26(28)18-19-30(41)40(20-22-14-16-25(17-15-22)31(42)37-32(38-35)39-36)21-27(23-8-3-1-4-9-23)24-10-5-2-6-11-24/h1-19,27,32,35-36H,20-21H2,(H,37,42). The van der Waals surface area contributed by atoms with Crippen molar-refractivity contribution in [2.45, 2.75) is 18.8 Å². The Morgan fingerprint density at radius 3 is 1.86 bits per heavy atom. The molecule has 8 nitrogen and oxygen atoms in total. The topological polar surface area (TPSA) is 122 Å². The number of carbonyl (C=O) groups is 2. The highest BCUT2D eigenvalue weighted by atomic mass is 35.5. The van der Waals surface area contributed by atoms with Crippen LogP contribution >= 0.6 is 23.2 Å². The van der Waals surface area contributed by atoms with E-state index in [2.05, 4.69) is 15.5 Å². The second kappa shape index (κ2) is 14.8. The van der Waals surface area contributed by atoms with Gasteiger partial charge < -0.3 is 10.2 Å². The Hall–Kier alpha value is -4.66. The smallest absolute Gasteiger partial charge is 0.254 e. The van der Waals surface area contributed by atoms with E-state index in [0.717, 1.165) is 16.7 Å². The molecule has 42 heavy (non-hydrogen) atoms. The molecule has 0 spiro atoms. The third-order valence-corrected chi connectivity index (χ3v) is 7.26. The number of nitrogens with zero attached hydrogens (tertiary/aromatic N) is 3. The fourth-order valence-electron chi connectivity index (χ4n) is 4.43. The maximum Gasteiger partial charge on any atom is 0.254 e. The molecule has 0 fully saturated rings. The van der Waals surface area contributed by atoms with Crippen molar-refractivity contribution in [3.63, 3.8) is 0 Å². The van der Waals surface area contributed by atoms with Gasteiger partial charge in [0.2, 0.25) is 5.91 Å². The summed E-state index contributed by atoms with van der Waals surface area (Å²) >= 11 is 12.7. The van der Waals surface area contributed by atoms with E-state index >= 15 is 0 Å². The molecule has 212 valence electrons. The van der Waals surface area contributed by atoms with Gasteiger partial charge in [-0.3, -0.25) is 9.59 Å². The molecule has 0 atom stereocenters. The Labute approximate surface area is 254 Å². The van der Waals surface area contributed by atoms with Crippen molar-refractivity contribution in [1.29, 1.82) is 11.1 Å². The number of nitrogens with one attached hydrogen (secondary N) is 3. The molecule has 0 aliphatic carbocycles. The molecule has 0 radical (unpaired) electrons. The van der Waals surface area contributed by atoms with Gasteiger partial charge >= 0.3 is 0 Å². The summed E-state index contributed by atoms with van der Waals surface area (Å²) in [6, 6.07) is 31.9. The number of halogens is 2. The van der Waals surface area contributed by atoms with Crippen LogP contribution in [0, 0.1) is 11.1 Å². The first-order chi connectivity index (χ1) is 20.4. The quantitative estimate of drug-likeness (QED) is 0.113. The van der Waals surface area contributed by atoms with Gasteiger partial charge in [0.1, 0.15) is 0 Å². The van der Waals surface area contributed by atoms with Crippen molar-refractivity contribution < 1.29 is 9.59 Å². The van der Waals surface area contributed by atoms with Crippen LogP contribution in [0.4, 0.5) is 0 Å². The van der Waals surface area contributed by atoms with Gasteiger partial charge in [-0.05, 0) is 47.0 Å². The molecular formula is C32H28Cl2N6O2. The van der Waals surface area contributed by atoms with Gasteiger partial charge in [0.05, 0.1) is 0 Å². The molecule has 2 amide bonds. The summed E-state index contributed by atoms with van der Waals surface area (Å²) in [4.78, 5) is 27.9. The van der Waals surface area contributed by atoms with Crippen LogP contribution < -0.4 is 5.32 Å². The number of rotatable bonds is 12. The van der Waals surface area contributed by atoms with Crippen molar-refractivity contribution in [2.24, 2.45) is 10.2 Å². The van der Waals surface area contributed by atoms with E-state index in [1.165, 1.54) is 6.08 Å². The molecule has 4 aromatic carbocycles. The maximum atomic E-state index is 13.7. The third-order valence-electron chi connectivity index (χ3n) is 6.61. The molecule has 10 heteroatoms. The zero-order valence-electron chi connectivity index (χ0n) is 22.5. The van der Waals surface area contributed by atoms with Crippen LogP contribution in [0.25, 0.3) is 6.08 Å². The maximum absolute atomic E-state index is 13.7. The molecule has 0 saturated carbocycles. The van der Waals surface area contributed by atoms with Crippen molar-refractivity contribution in [3.05, 3.63) is 147 Å². The van der Waals surface area contributed by atoms with Gasteiger partial charge in [0.15, 0.2) is 0 Å². The second-order valence-electron chi connectivity index (χ2n) is 9.36. The van der Waals surface area contributed by atoms with E-state index in [9.17, 15) is 9.59 Å². The Morgan fingerprint density at radius 1 is 0.786 bits per heavy atom. The van der Waals surface area contributed by atoms with Gasteiger partial charge in [-0.25, -0.2) is 11.1 Å². The lowest BCUT2D eigenvalue weighted by Crippen LogP contribution is -2.33. The Kier molecular flexibility index (Phi) is 10.7. The highest BCUT2D eigenvalue weighted by Gasteiger charge is 2.22. The SMILES string of the molecule is N=NC(N=N)NC(=O)c1ccc(CN(CC(c2ccccc2)c2ccccc2)C(=O)C=Cc2c(Cl)cccc2Cl)cc1. The normalized spacial score (nSPS) is 11.7. The number of hydrogen-bond donors (Lipinski definition) is 3. The molecule has 0 heterocycles. The lowest BCUT2D eigenvalue weighted by molar-refractivity contribution is -0.126. The van der Waals surface area contributed by atoms with E-state index in [0.29, 0.717) is 27.7 Å². The van der Waals surface area contributed by atoms with E-state index in [4.69, 9.17) is 34.3 Å². The van der Waals surface area contributed by atoms with Crippen LogP contribution in [-0.2, 0) is 11.3 Å². The summed E-state index contributed by atoms with van der Waals surface area (Å²) in [5, 5.41) is 9.40. The predicted molar refractivity (Wildman–Crippen MR) is 164 cm³/mol. The van der Waals surface area contributed by atoms with Crippen LogP contribution in [0.2, 0.25) is 10.0 Å². The summed E-state index contributed by atoms with van der Waals surface area (Å²) < 4.78 is 0. The van der Waals surface area contributed by atoms with Crippen molar-refractivity contribution in [2.75, 3.05) is 6.54 Å². The van der Waals surface area contributed by atoms with E-state index in [1.54, 1.807) is 53.4 Å². The minimum Gasteiger partial charge on any atom is -0.334 e. The van der Waals surface area contributed by atoms with Crippen molar-refractivity contribution in [1.82, 2.24) is 10.2 Å². The fourth-order valence-corrected chi connectivity index (χ4v) is 4.96. The van der Waals surface area contributed by atoms with Gasteiger partial charge in [0, 0.05) is 46.3 Å². The Bertz CT molecular complexity index is 1500. The lowest BCUT2D eigenvalue weighted by atomic mass is 9.90. The molecular weight excluding hydrogens is 571 g/mol. The fraction of sp³-hybridized carbons (Fsp3) is 0.125. The van der Waals surface area contributed by atoms with Crippen LogP contribution in [0.15, 0.2) is 119 Å². The largest absolute Gasteiger partial charge is 0.334 e. The Morgan fingerprint density at radius 2 is 1.33 bits per heavy atom. The van der Waals surface area contributed by atoms with Crippen LogP contribution in [0.1, 0.15) is 38.5 Å². The van der Waals surface area contributed by atoms with Crippen molar-refractivity contribution >= 4 is 41.1 Å². The van der Waals surface area contributed by atoms with Crippen molar-refractivity contribution in [3.8, 4) is 0 Å². The predicted octanol–water partition coefficient (Wildman–Crippen LogP) is 7.94. The van der Waals surface area contributed by atoms with Gasteiger partial charge in [-0.15, -0.1) is 10.2 Å². The van der Waals surface area contributed by atoms with E-state index in [1.807, 2.05) is 60.7 Å². The number of benzene rings is 4. The van der Waals surface area contributed by atoms with E-state index in [-0.39, 0.29) is 18.4 Å². The average molecular weight is 600 g/mol. The summed E-state index contributed by atoms with van der Waals surface area (Å²) in [6.45, 7) is 0.650. The summed E-state index contributed by atoms with van der Waals surface area (Å²) in [6.07, 6.45) is 1.83. The summed E-state index contributed by atoms with van der Waals surface area (Å²) in [7, 11) is 0. The molecule has 4 aromatic rings. The van der Waals surface area contributed by atoms with Gasteiger partial charge in [-0.2, -0.15) is 0 Å². The van der Waals surface area contributed by atoms with E-state index < -0.39 is 12.2 Å². The van der Waals surface area contributed by atoms with Crippen LogP contribution in [0.3, 0.4) is 0 Å². The minimum absolute atomic E-state index is 0.0992. The van der Waals surface area contributed by atoms with Crippen LogP contribution in [-0.4, -0.2) is 29.5 Å². The minimum atomic E-state index is -1.27. The highest BCUT2D eigenvalue weighted by Crippen LogP contribution is 2.28. The lowest BCUT2D eigenvalue weighted by Gasteiger charge is -2.28. The molecule has 0 saturated heterocycles. The molecule has 0 aliphatic heterocycles. The first kappa shape index (κ1) is 30.3. The van der Waals surface area contributed by atoms with Crippen LogP contribution in [0.5, 0.6) is 0 Å². The molecule has 0 bridgehead atoms. The third kappa shape index (κ3) is 7.96. The number of carbonyl (C=O) groups excluding carboxylic acids is 2.